The van der Waals surface area contributed by atoms with E-state index >= 15 is 0 Å². The van der Waals surface area contributed by atoms with E-state index in [1.807, 2.05) is 17.0 Å². The van der Waals surface area contributed by atoms with Gasteiger partial charge < -0.3 is 24.2 Å². The first-order valence-electron chi connectivity index (χ1n) is 5.97. The van der Waals surface area contributed by atoms with Crippen molar-refractivity contribution in [2.45, 2.75) is 6.10 Å². The standard InChI is InChI=1S/C13H17NO5/c1-17-10-4-3-9(7-11(10)18-2)14-5-6-19-12(8-14)13(15)16/h3-4,7,12H,5-6,8H2,1-2H3,(H,15,16). The molecule has 0 radical (unpaired) electrons. The van der Waals surface area contributed by atoms with Gasteiger partial charge >= 0.3 is 5.97 Å². The minimum Gasteiger partial charge on any atom is -0.493 e. The van der Waals surface area contributed by atoms with Crippen molar-refractivity contribution in [3.05, 3.63) is 18.2 Å². The number of benzene rings is 1. The molecule has 1 aromatic rings. The van der Waals surface area contributed by atoms with Gasteiger partial charge in [-0.2, -0.15) is 0 Å². The molecule has 1 heterocycles. The smallest absolute Gasteiger partial charge is 0.334 e. The number of methoxy groups -OCH3 is 2. The number of anilines is 1. The fourth-order valence-electron chi connectivity index (χ4n) is 2.05. The molecule has 19 heavy (non-hydrogen) atoms. The molecule has 0 amide bonds. The number of hydrogen-bond donors (Lipinski definition) is 1. The molecule has 104 valence electrons. The van der Waals surface area contributed by atoms with E-state index in [-0.39, 0.29) is 0 Å². The summed E-state index contributed by atoms with van der Waals surface area (Å²) in [5.74, 6) is 0.331. The minimum absolute atomic E-state index is 0.324. The summed E-state index contributed by atoms with van der Waals surface area (Å²) in [6.07, 6.45) is -0.790. The summed E-state index contributed by atoms with van der Waals surface area (Å²) in [6.45, 7) is 1.37. The molecule has 0 aromatic heterocycles. The highest BCUT2D eigenvalue weighted by molar-refractivity contribution is 5.73. The number of nitrogens with zero attached hydrogens (tertiary/aromatic N) is 1. The van der Waals surface area contributed by atoms with Crippen LogP contribution in [0.3, 0.4) is 0 Å². The van der Waals surface area contributed by atoms with Gasteiger partial charge in [-0.25, -0.2) is 4.79 Å². The first kappa shape index (κ1) is 13.5. The molecule has 0 bridgehead atoms. The fourth-order valence-corrected chi connectivity index (χ4v) is 2.05. The third kappa shape index (κ3) is 2.90. The zero-order valence-electron chi connectivity index (χ0n) is 11.0. The van der Waals surface area contributed by atoms with Gasteiger partial charge in [-0.3, -0.25) is 0 Å². The van der Waals surface area contributed by atoms with Crippen molar-refractivity contribution in [3.63, 3.8) is 0 Å². The highest BCUT2D eigenvalue weighted by Crippen LogP contribution is 2.32. The Labute approximate surface area is 111 Å². The largest absolute Gasteiger partial charge is 0.493 e. The summed E-state index contributed by atoms with van der Waals surface area (Å²) in [7, 11) is 3.15. The summed E-state index contributed by atoms with van der Waals surface area (Å²) >= 11 is 0. The molecule has 2 rings (SSSR count). The first-order chi connectivity index (χ1) is 9.15. The van der Waals surface area contributed by atoms with E-state index in [4.69, 9.17) is 19.3 Å². The lowest BCUT2D eigenvalue weighted by molar-refractivity contribution is -0.150. The SMILES string of the molecule is COc1ccc(N2CCOC(C(=O)O)C2)cc1OC. The fraction of sp³-hybridized carbons (Fsp3) is 0.462. The van der Waals surface area contributed by atoms with Crippen LogP contribution in [0.5, 0.6) is 11.5 Å². The van der Waals surface area contributed by atoms with Crippen LogP contribution in [0.25, 0.3) is 0 Å². The number of carbonyl (C=O) groups is 1. The maximum Gasteiger partial charge on any atom is 0.334 e. The molecule has 0 aliphatic carbocycles. The minimum atomic E-state index is -0.940. The van der Waals surface area contributed by atoms with Crippen LogP contribution >= 0.6 is 0 Å². The molecule has 0 saturated carbocycles. The molecular formula is C13H17NO5. The predicted molar refractivity (Wildman–Crippen MR) is 69.1 cm³/mol. The molecule has 1 aliphatic rings. The molecule has 1 aromatic carbocycles. The van der Waals surface area contributed by atoms with Crippen molar-refractivity contribution in [1.82, 2.24) is 0 Å². The molecule has 6 nitrogen and oxygen atoms in total. The van der Waals surface area contributed by atoms with Crippen LogP contribution in [0.4, 0.5) is 5.69 Å². The van der Waals surface area contributed by atoms with Crippen molar-refractivity contribution < 1.29 is 24.1 Å². The average molecular weight is 267 g/mol. The number of morpholine rings is 1. The monoisotopic (exact) mass is 267 g/mol. The second kappa shape index (κ2) is 5.79. The zero-order chi connectivity index (χ0) is 13.8. The van der Waals surface area contributed by atoms with Gasteiger partial charge in [0.1, 0.15) is 0 Å². The van der Waals surface area contributed by atoms with Gasteiger partial charge in [0.05, 0.1) is 27.4 Å². The maximum absolute atomic E-state index is 11.0. The van der Waals surface area contributed by atoms with E-state index in [2.05, 4.69) is 0 Å². The summed E-state index contributed by atoms with van der Waals surface area (Å²) in [5, 5.41) is 8.99. The molecule has 6 heteroatoms. The van der Waals surface area contributed by atoms with Crippen LogP contribution in [0, 0.1) is 0 Å². The number of carboxylic acids is 1. The molecule has 1 aliphatic heterocycles. The molecule has 1 atom stereocenters. The van der Waals surface area contributed by atoms with Crippen LogP contribution < -0.4 is 14.4 Å². The summed E-state index contributed by atoms with van der Waals surface area (Å²) in [4.78, 5) is 12.9. The van der Waals surface area contributed by atoms with Gasteiger partial charge in [0.25, 0.3) is 0 Å². The number of rotatable bonds is 4. The van der Waals surface area contributed by atoms with Crippen LogP contribution in [-0.4, -0.2) is 51.1 Å². The van der Waals surface area contributed by atoms with Gasteiger partial charge in [-0.1, -0.05) is 0 Å². The third-order valence-electron chi connectivity index (χ3n) is 3.07. The highest BCUT2D eigenvalue weighted by Gasteiger charge is 2.26. The van der Waals surface area contributed by atoms with E-state index in [1.165, 1.54) is 0 Å². The predicted octanol–water partition coefficient (Wildman–Crippen LogP) is 0.994. The Morgan fingerprint density at radius 1 is 1.37 bits per heavy atom. The number of ether oxygens (including phenoxy) is 3. The van der Waals surface area contributed by atoms with Crippen molar-refractivity contribution >= 4 is 11.7 Å². The van der Waals surface area contributed by atoms with E-state index in [9.17, 15) is 4.79 Å². The Hall–Kier alpha value is -1.95. The van der Waals surface area contributed by atoms with Gasteiger partial charge in [0.15, 0.2) is 17.6 Å². The quantitative estimate of drug-likeness (QED) is 0.877. The Balaban J connectivity index is 2.19. The van der Waals surface area contributed by atoms with Gasteiger partial charge in [0.2, 0.25) is 0 Å². The van der Waals surface area contributed by atoms with Crippen molar-refractivity contribution in [2.75, 3.05) is 38.8 Å². The number of aliphatic carboxylic acids is 1. The lowest BCUT2D eigenvalue weighted by Crippen LogP contribution is -2.46. The highest BCUT2D eigenvalue weighted by atomic mass is 16.5. The lowest BCUT2D eigenvalue weighted by atomic mass is 10.2. The summed E-state index contributed by atoms with van der Waals surface area (Å²) < 4.78 is 15.6. The number of carboxylic acid groups (broad SMARTS) is 1. The Morgan fingerprint density at radius 3 is 2.74 bits per heavy atom. The summed E-state index contributed by atoms with van der Waals surface area (Å²) in [5.41, 5.74) is 0.896. The average Bonchev–Trinajstić information content (AvgIpc) is 2.46. The van der Waals surface area contributed by atoms with Crippen LogP contribution in [0.1, 0.15) is 0 Å². The van der Waals surface area contributed by atoms with Crippen molar-refractivity contribution in [2.24, 2.45) is 0 Å². The first-order valence-corrected chi connectivity index (χ1v) is 5.97. The van der Waals surface area contributed by atoms with Gasteiger partial charge in [-0.05, 0) is 12.1 Å². The van der Waals surface area contributed by atoms with Crippen LogP contribution in [-0.2, 0) is 9.53 Å². The zero-order valence-corrected chi connectivity index (χ0v) is 11.0. The Kier molecular flexibility index (Phi) is 4.11. The molecule has 1 saturated heterocycles. The second-order valence-electron chi connectivity index (χ2n) is 4.18. The topological polar surface area (TPSA) is 68.2 Å². The van der Waals surface area contributed by atoms with E-state index in [0.29, 0.717) is 31.2 Å². The van der Waals surface area contributed by atoms with Gasteiger partial charge in [0, 0.05) is 18.3 Å². The molecule has 1 N–H and O–H groups in total. The normalized spacial score (nSPS) is 19.1. The van der Waals surface area contributed by atoms with Crippen molar-refractivity contribution in [1.29, 1.82) is 0 Å². The summed E-state index contributed by atoms with van der Waals surface area (Å²) in [6, 6.07) is 5.52. The third-order valence-corrected chi connectivity index (χ3v) is 3.07. The molecule has 1 fully saturated rings. The second-order valence-corrected chi connectivity index (χ2v) is 4.18. The number of hydrogen-bond acceptors (Lipinski definition) is 5. The van der Waals surface area contributed by atoms with Gasteiger partial charge in [-0.15, -0.1) is 0 Å². The van der Waals surface area contributed by atoms with Crippen LogP contribution in [0.15, 0.2) is 18.2 Å². The van der Waals surface area contributed by atoms with E-state index < -0.39 is 12.1 Å². The van der Waals surface area contributed by atoms with E-state index in [0.717, 1.165) is 5.69 Å². The molecule has 1 unspecified atom stereocenters. The lowest BCUT2D eigenvalue weighted by Gasteiger charge is -2.32. The maximum atomic E-state index is 11.0. The van der Waals surface area contributed by atoms with Crippen molar-refractivity contribution in [3.8, 4) is 11.5 Å². The Morgan fingerprint density at radius 2 is 2.11 bits per heavy atom. The van der Waals surface area contributed by atoms with Crippen LogP contribution in [0.2, 0.25) is 0 Å². The molecule has 0 spiro atoms. The molecular weight excluding hydrogens is 250 g/mol. The van der Waals surface area contributed by atoms with E-state index in [1.54, 1.807) is 20.3 Å². The Bertz CT molecular complexity index is 462.